The summed E-state index contributed by atoms with van der Waals surface area (Å²) in [5, 5.41) is 4.10. The molecule has 2 rings (SSSR count). The second-order valence-corrected chi connectivity index (χ2v) is 4.92. The Kier molecular flexibility index (Phi) is 4.08. The summed E-state index contributed by atoms with van der Waals surface area (Å²) in [6.07, 6.45) is 2.63. The summed E-state index contributed by atoms with van der Waals surface area (Å²) >= 11 is 5.91. The third-order valence-electron chi connectivity index (χ3n) is 2.96. The van der Waals surface area contributed by atoms with Crippen LogP contribution >= 0.6 is 11.6 Å². The van der Waals surface area contributed by atoms with Crippen molar-refractivity contribution in [1.82, 2.24) is 5.32 Å². The van der Waals surface area contributed by atoms with Crippen molar-refractivity contribution < 1.29 is 4.74 Å². The molecule has 88 valence electrons. The molecule has 0 saturated carbocycles. The van der Waals surface area contributed by atoms with E-state index in [0.717, 1.165) is 36.2 Å². The van der Waals surface area contributed by atoms with E-state index in [-0.39, 0.29) is 6.10 Å². The Balaban J connectivity index is 1.84. The summed E-state index contributed by atoms with van der Waals surface area (Å²) in [7, 11) is 0. The molecule has 1 saturated heterocycles. The predicted molar refractivity (Wildman–Crippen MR) is 67.1 cm³/mol. The highest BCUT2D eigenvalue weighted by molar-refractivity contribution is 6.30. The van der Waals surface area contributed by atoms with E-state index in [4.69, 9.17) is 16.3 Å². The van der Waals surface area contributed by atoms with Crippen LogP contribution in [0.3, 0.4) is 0 Å². The van der Waals surface area contributed by atoms with Gasteiger partial charge in [0.05, 0.1) is 6.10 Å². The van der Waals surface area contributed by atoms with Crippen LogP contribution in [0, 0.1) is 5.92 Å². The van der Waals surface area contributed by atoms with E-state index in [0.29, 0.717) is 0 Å². The van der Waals surface area contributed by atoms with Gasteiger partial charge in [-0.15, -0.1) is 0 Å². The molecule has 0 bridgehead atoms. The fourth-order valence-corrected chi connectivity index (χ4v) is 2.39. The molecule has 0 amide bonds. The highest BCUT2D eigenvalue weighted by atomic mass is 35.5. The first-order valence-corrected chi connectivity index (χ1v) is 6.25. The van der Waals surface area contributed by atoms with Crippen molar-refractivity contribution in [2.75, 3.05) is 13.1 Å². The van der Waals surface area contributed by atoms with Gasteiger partial charge in [0.25, 0.3) is 0 Å². The minimum Gasteiger partial charge on any atom is -0.491 e. The smallest absolute Gasteiger partial charge is 0.121 e. The van der Waals surface area contributed by atoms with Crippen LogP contribution < -0.4 is 10.1 Å². The Morgan fingerprint density at radius 3 is 3.12 bits per heavy atom. The first kappa shape index (κ1) is 11.7. The van der Waals surface area contributed by atoms with Gasteiger partial charge in [-0.2, -0.15) is 0 Å². The highest BCUT2D eigenvalue weighted by Crippen LogP contribution is 2.21. The van der Waals surface area contributed by atoms with E-state index in [1.165, 1.54) is 6.42 Å². The van der Waals surface area contributed by atoms with Crippen LogP contribution in [0.5, 0.6) is 5.75 Å². The lowest BCUT2D eigenvalue weighted by Crippen LogP contribution is -2.18. The van der Waals surface area contributed by atoms with E-state index < -0.39 is 0 Å². The van der Waals surface area contributed by atoms with Crippen molar-refractivity contribution in [2.24, 2.45) is 5.92 Å². The molecule has 1 aliphatic heterocycles. The number of hydrogen-bond acceptors (Lipinski definition) is 2. The molecule has 16 heavy (non-hydrogen) atoms. The van der Waals surface area contributed by atoms with Crippen LogP contribution in [-0.4, -0.2) is 19.2 Å². The maximum atomic E-state index is 5.91. The lowest BCUT2D eigenvalue weighted by Gasteiger charge is -2.18. The molecule has 2 atom stereocenters. The lowest BCUT2D eigenvalue weighted by molar-refractivity contribution is 0.189. The third-order valence-corrected chi connectivity index (χ3v) is 3.20. The van der Waals surface area contributed by atoms with Gasteiger partial charge in [-0.3, -0.25) is 0 Å². The summed E-state index contributed by atoms with van der Waals surface area (Å²) in [6, 6.07) is 7.60. The molecule has 2 nitrogen and oxygen atoms in total. The molecule has 0 aliphatic carbocycles. The summed E-state index contributed by atoms with van der Waals surface area (Å²) in [5.74, 6) is 1.63. The predicted octanol–water partition coefficient (Wildman–Crippen LogP) is 3.11. The maximum Gasteiger partial charge on any atom is 0.121 e. The Morgan fingerprint density at radius 1 is 1.56 bits per heavy atom. The van der Waals surface area contributed by atoms with Crippen molar-refractivity contribution >= 4 is 11.6 Å². The Morgan fingerprint density at radius 2 is 2.44 bits per heavy atom. The zero-order valence-corrected chi connectivity index (χ0v) is 10.3. The van der Waals surface area contributed by atoms with Crippen LogP contribution in [0.15, 0.2) is 24.3 Å². The van der Waals surface area contributed by atoms with Gasteiger partial charge in [-0.05, 0) is 57.0 Å². The standard InChI is InChI=1S/C13H18ClNO/c1-10(7-11-5-6-15-9-11)16-13-4-2-3-12(14)8-13/h2-4,8,10-11,15H,5-7,9H2,1H3. The first-order valence-electron chi connectivity index (χ1n) is 5.87. The summed E-state index contributed by atoms with van der Waals surface area (Å²) in [5.41, 5.74) is 0. The zero-order valence-electron chi connectivity index (χ0n) is 9.58. The van der Waals surface area contributed by atoms with E-state index >= 15 is 0 Å². The molecule has 0 spiro atoms. The lowest BCUT2D eigenvalue weighted by atomic mass is 10.0. The van der Waals surface area contributed by atoms with Gasteiger partial charge in [-0.1, -0.05) is 17.7 Å². The van der Waals surface area contributed by atoms with Crippen LogP contribution in [0.4, 0.5) is 0 Å². The second-order valence-electron chi connectivity index (χ2n) is 4.48. The fraction of sp³-hybridized carbons (Fsp3) is 0.538. The molecule has 0 radical (unpaired) electrons. The molecule has 0 aromatic heterocycles. The Bertz CT molecular complexity index is 336. The summed E-state index contributed by atoms with van der Waals surface area (Å²) in [4.78, 5) is 0. The number of rotatable bonds is 4. The molecule has 1 aromatic carbocycles. The summed E-state index contributed by atoms with van der Waals surface area (Å²) in [6.45, 7) is 4.40. The molecule has 1 N–H and O–H groups in total. The molecule has 2 unspecified atom stereocenters. The van der Waals surface area contributed by atoms with Crippen LogP contribution in [-0.2, 0) is 0 Å². The molecule has 3 heteroatoms. The van der Waals surface area contributed by atoms with Crippen molar-refractivity contribution in [3.8, 4) is 5.75 Å². The van der Waals surface area contributed by atoms with Gasteiger partial charge in [0, 0.05) is 5.02 Å². The van der Waals surface area contributed by atoms with Crippen LogP contribution in [0.2, 0.25) is 5.02 Å². The minimum atomic E-state index is 0.253. The quantitative estimate of drug-likeness (QED) is 0.872. The second kappa shape index (κ2) is 5.55. The fourth-order valence-electron chi connectivity index (χ4n) is 2.21. The first-order chi connectivity index (χ1) is 7.74. The zero-order chi connectivity index (χ0) is 11.4. The summed E-state index contributed by atoms with van der Waals surface area (Å²) < 4.78 is 5.84. The Labute approximate surface area is 102 Å². The van der Waals surface area contributed by atoms with E-state index in [1.54, 1.807) is 0 Å². The molecule has 1 aromatic rings. The molecular weight excluding hydrogens is 222 g/mol. The topological polar surface area (TPSA) is 21.3 Å². The normalized spacial score (nSPS) is 22.0. The van der Waals surface area contributed by atoms with Crippen molar-refractivity contribution in [2.45, 2.75) is 25.9 Å². The van der Waals surface area contributed by atoms with E-state index in [1.807, 2.05) is 24.3 Å². The number of halogens is 1. The maximum absolute atomic E-state index is 5.91. The molecule has 1 heterocycles. The highest BCUT2D eigenvalue weighted by Gasteiger charge is 2.18. The average Bonchev–Trinajstić information content (AvgIpc) is 2.70. The van der Waals surface area contributed by atoms with Gasteiger partial charge in [-0.25, -0.2) is 0 Å². The van der Waals surface area contributed by atoms with Crippen LogP contribution in [0.1, 0.15) is 19.8 Å². The van der Waals surface area contributed by atoms with Gasteiger partial charge in [0.2, 0.25) is 0 Å². The third kappa shape index (κ3) is 3.39. The van der Waals surface area contributed by atoms with Gasteiger partial charge < -0.3 is 10.1 Å². The van der Waals surface area contributed by atoms with Crippen molar-refractivity contribution in [1.29, 1.82) is 0 Å². The Hall–Kier alpha value is -0.730. The number of nitrogens with one attached hydrogen (secondary N) is 1. The number of ether oxygens (including phenoxy) is 1. The monoisotopic (exact) mass is 239 g/mol. The number of benzene rings is 1. The van der Waals surface area contributed by atoms with E-state index in [2.05, 4.69) is 12.2 Å². The van der Waals surface area contributed by atoms with Gasteiger partial charge in [0.15, 0.2) is 0 Å². The van der Waals surface area contributed by atoms with Crippen molar-refractivity contribution in [3.63, 3.8) is 0 Å². The van der Waals surface area contributed by atoms with Gasteiger partial charge >= 0.3 is 0 Å². The molecular formula is C13H18ClNO. The molecule has 1 aliphatic rings. The van der Waals surface area contributed by atoms with Gasteiger partial charge in [0.1, 0.15) is 5.75 Å². The van der Waals surface area contributed by atoms with E-state index in [9.17, 15) is 0 Å². The molecule has 1 fully saturated rings. The average molecular weight is 240 g/mol. The van der Waals surface area contributed by atoms with Crippen LogP contribution in [0.25, 0.3) is 0 Å². The minimum absolute atomic E-state index is 0.253. The SMILES string of the molecule is CC(CC1CCNC1)Oc1cccc(Cl)c1. The number of hydrogen-bond donors (Lipinski definition) is 1. The largest absolute Gasteiger partial charge is 0.491 e. The van der Waals surface area contributed by atoms with Crippen molar-refractivity contribution in [3.05, 3.63) is 29.3 Å².